The Labute approximate surface area is 119 Å². The van der Waals surface area contributed by atoms with Crippen LogP contribution in [0.15, 0.2) is 30.3 Å². The number of alkyl halides is 3. The van der Waals surface area contributed by atoms with Crippen molar-refractivity contribution in [3.05, 3.63) is 41.5 Å². The zero-order chi connectivity index (χ0) is 15.0. The fourth-order valence-corrected chi connectivity index (χ4v) is 2.05. The third kappa shape index (κ3) is 5.78. The van der Waals surface area contributed by atoms with Gasteiger partial charge in [-0.3, -0.25) is 4.90 Å². The van der Waals surface area contributed by atoms with Crippen molar-refractivity contribution in [3.63, 3.8) is 0 Å². The van der Waals surface area contributed by atoms with Crippen molar-refractivity contribution < 1.29 is 13.2 Å². The first-order valence-electron chi connectivity index (χ1n) is 7.03. The smallest absolute Gasteiger partial charge is 0.300 e. The van der Waals surface area contributed by atoms with E-state index in [2.05, 4.69) is 18.7 Å². The Bertz CT molecular complexity index is 401. The van der Waals surface area contributed by atoms with Crippen molar-refractivity contribution in [1.82, 2.24) is 4.90 Å². The van der Waals surface area contributed by atoms with Gasteiger partial charge in [0.2, 0.25) is 0 Å². The Morgan fingerprint density at radius 1 is 1.00 bits per heavy atom. The summed E-state index contributed by atoms with van der Waals surface area (Å²) in [4.78, 5) is 2.33. The second-order valence-electron chi connectivity index (χ2n) is 4.82. The van der Waals surface area contributed by atoms with Crippen molar-refractivity contribution >= 4 is 6.08 Å². The molecular formula is C16H22F3N. The van der Waals surface area contributed by atoms with Crippen LogP contribution in [0.5, 0.6) is 0 Å². The van der Waals surface area contributed by atoms with Gasteiger partial charge in [0.1, 0.15) is 0 Å². The standard InChI is InChI=1S/C16H22F3N/c1-3-11-20(12-4-2)13-5-6-14-7-9-15(10-8-14)16(17,18)19/h5-10H,3-4,11-13H2,1-2H3/b6-5+. The summed E-state index contributed by atoms with van der Waals surface area (Å²) in [5.41, 5.74) is 0.194. The molecule has 0 aromatic heterocycles. The monoisotopic (exact) mass is 285 g/mol. The number of hydrogen-bond donors (Lipinski definition) is 0. The van der Waals surface area contributed by atoms with E-state index in [0.29, 0.717) is 0 Å². The lowest BCUT2D eigenvalue weighted by Gasteiger charge is -2.18. The Kier molecular flexibility index (Phi) is 6.79. The SMILES string of the molecule is CCCN(C/C=C/c1ccc(C(F)(F)F)cc1)CCC. The van der Waals surface area contributed by atoms with E-state index in [0.717, 1.165) is 50.2 Å². The summed E-state index contributed by atoms with van der Waals surface area (Å²) in [5.74, 6) is 0. The maximum absolute atomic E-state index is 12.4. The first kappa shape index (κ1) is 16.8. The van der Waals surface area contributed by atoms with Crippen molar-refractivity contribution in [2.75, 3.05) is 19.6 Å². The van der Waals surface area contributed by atoms with Crippen LogP contribution in [0, 0.1) is 0 Å². The van der Waals surface area contributed by atoms with E-state index in [9.17, 15) is 13.2 Å². The molecule has 0 atom stereocenters. The van der Waals surface area contributed by atoms with Crippen molar-refractivity contribution in [2.24, 2.45) is 0 Å². The molecule has 0 unspecified atom stereocenters. The molecule has 4 heteroatoms. The average molecular weight is 285 g/mol. The molecule has 0 aliphatic rings. The average Bonchev–Trinajstić information content (AvgIpc) is 2.39. The summed E-state index contributed by atoms with van der Waals surface area (Å²) in [6, 6.07) is 5.25. The van der Waals surface area contributed by atoms with Crippen LogP contribution in [0.2, 0.25) is 0 Å². The van der Waals surface area contributed by atoms with E-state index < -0.39 is 11.7 Å². The van der Waals surface area contributed by atoms with Crippen LogP contribution in [0.3, 0.4) is 0 Å². The molecular weight excluding hydrogens is 263 g/mol. The Hall–Kier alpha value is -1.29. The van der Waals surface area contributed by atoms with Gasteiger partial charge in [-0.1, -0.05) is 38.1 Å². The molecule has 0 aliphatic heterocycles. The number of rotatable bonds is 7. The molecule has 0 bridgehead atoms. The molecule has 0 saturated heterocycles. The lowest BCUT2D eigenvalue weighted by atomic mass is 10.1. The van der Waals surface area contributed by atoms with Crippen LogP contribution in [0.4, 0.5) is 13.2 Å². The minimum Gasteiger partial charge on any atom is -0.300 e. The van der Waals surface area contributed by atoms with Crippen molar-refractivity contribution in [2.45, 2.75) is 32.9 Å². The maximum atomic E-state index is 12.4. The highest BCUT2D eigenvalue weighted by Gasteiger charge is 2.29. The predicted octanol–water partition coefficient (Wildman–Crippen LogP) is 4.84. The summed E-state index contributed by atoms with van der Waals surface area (Å²) in [7, 11) is 0. The Morgan fingerprint density at radius 2 is 1.55 bits per heavy atom. The second kappa shape index (κ2) is 8.10. The van der Waals surface area contributed by atoms with E-state index in [4.69, 9.17) is 0 Å². The molecule has 20 heavy (non-hydrogen) atoms. The third-order valence-electron chi connectivity index (χ3n) is 2.99. The molecule has 1 rings (SSSR count). The molecule has 0 saturated carbocycles. The van der Waals surface area contributed by atoms with E-state index in [1.54, 1.807) is 0 Å². The molecule has 0 N–H and O–H groups in total. The second-order valence-corrected chi connectivity index (χ2v) is 4.82. The van der Waals surface area contributed by atoms with Gasteiger partial charge in [-0.05, 0) is 43.6 Å². The molecule has 1 aromatic rings. The normalized spacial score (nSPS) is 12.5. The summed E-state index contributed by atoms with van der Waals surface area (Å²) >= 11 is 0. The van der Waals surface area contributed by atoms with Crippen LogP contribution in [-0.2, 0) is 6.18 Å². The van der Waals surface area contributed by atoms with Crippen LogP contribution in [0.1, 0.15) is 37.8 Å². The number of halogens is 3. The Balaban J connectivity index is 2.57. The Morgan fingerprint density at radius 3 is 2.00 bits per heavy atom. The summed E-state index contributed by atoms with van der Waals surface area (Å²) < 4.78 is 37.3. The lowest BCUT2D eigenvalue weighted by molar-refractivity contribution is -0.137. The largest absolute Gasteiger partial charge is 0.416 e. The van der Waals surface area contributed by atoms with Crippen LogP contribution < -0.4 is 0 Å². The van der Waals surface area contributed by atoms with Crippen LogP contribution in [-0.4, -0.2) is 24.5 Å². The molecule has 1 nitrogen and oxygen atoms in total. The highest BCUT2D eigenvalue weighted by molar-refractivity contribution is 5.50. The molecule has 0 fully saturated rings. The van der Waals surface area contributed by atoms with Gasteiger partial charge in [0.15, 0.2) is 0 Å². The molecule has 0 aliphatic carbocycles. The lowest BCUT2D eigenvalue weighted by Crippen LogP contribution is -2.25. The number of nitrogens with zero attached hydrogens (tertiary/aromatic N) is 1. The number of hydrogen-bond acceptors (Lipinski definition) is 1. The topological polar surface area (TPSA) is 3.24 Å². The quantitative estimate of drug-likeness (QED) is 0.693. The molecule has 0 spiro atoms. The van der Waals surface area contributed by atoms with Crippen LogP contribution in [0.25, 0.3) is 6.08 Å². The minimum absolute atomic E-state index is 0.603. The summed E-state index contributed by atoms with van der Waals surface area (Å²) in [6.07, 6.45) is 1.83. The van der Waals surface area contributed by atoms with E-state index in [1.165, 1.54) is 12.1 Å². The van der Waals surface area contributed by atoms with Gasteiger partial charge in [0.05, 0.1) is 5.56 Å². The van der Waals surface area contributed by atoms with Crippen molar-refractivity contribution in [1.29, 1.82) is 0 Å². The summed E-state index contributed by atoms with van der Waals surface area (Å²) in [5, 5.41) is 0. The molecule has 112 valence electrons. The van der Waals surface area contributed by atoms with Gasteiger partial charge in [0, 0.05) is 6.54 Å². The highest BCUT2D eigenvalue weighted by Crippen LogP contribution is 2.29. The van der Waals surface area contributed by atoms with Gasteiger partial charge in [-0.2, -0.15) is 13.2 Å². The zero-order valence-electron chi connectivity index (χ0n) is 12.1. The summed E-state index contributed by atoms with van der Waals surface area (Å²) in [6.45, 7) is 7.21. The van der Waals surface area contributed by atoms with Gasteiger partial charge in [0.25, 0.3) is 0 Å². The fraction of sp³-hybridized carbons (Fsp3) is 0.500. The van der Waals surface area contributed by atoms with Crippen molar-refractivity contribution in [3.8, 4) is 0 Å². The first-order chi connectivity index (χ1) is 9.47. The molecule has 0 amide bonds. The van der Waals surface area contributed by atoms with Gasteiger partial charge in [-0.25, -0.2) is 0 Å². The predicted molar refractivity (Wildman–Crippen MR) is 77.5 cm³/mol. The minimum atomic E-state index is -4.26. The fourth-order valence-electron chi connectivity index (χ4n) is 2.05. The third-order valence-corrected chi connectivity index (χ3v) is 2.99. The molecule has 0 heterocycles. The zero-order valence-corrected chi connectivity index (χ0v) is 12.1. The highest BCUT2D eigenvalue weighted by atomic mass is 19.4. The maximum Gasteiger partial charge on any atom is 0.416 e. The van der Waals surface area contributed by atoms with E-state index >= 15 is 0 Å². The molecule has 1 aromatic carbocycles. The van der Waals surface area contributed by atoms with Gasteiger partial charge >= 0.3 is 6.18 Å². The van der Waals surface area contributed by atoms with Gasteiger partial charge in [-0.15, -0.1) is 0 Å². The van der Waals surface area contributed by atoms with E-state index in [-0.39, 0.29) is 0 Å². The number of benzene rings is 1. The van der Waals surface area contributed by atoms with Gasteiger partial charge < -0.3 is 0 Å². The van der Waals surface area contributed by atoms with Crippen LogP contribution >= 0.6 is 0 Å². The molecule has 0 radical (unpaired) electrons. The first-order valence-corrected chi connectivity index (χ1v) is 7.03. The van der Waals surface area contributed by atoms with E-state index in [1.807, 2.05) is 12.2 Å².